The molecule has 0 aliphatic carbocycles. The van der Waals surface area contributed by atoms with Gasteiger partial charge in [-0.2, -0.15) is 0 Å². The minimum atomic E-state index is -2.10. The summed E-state index contributed by atoms with van der Waals surface area (Å²) >= 11 is 20.5. The lowest BCUT2D eigenvalue weighted by atomic mass is 10.4. The number of carbonyl (C=O) groups is 2. The second-order valence-electron chi connectivity index (χ2n) is 2.74. The van der Waals surface area contributed by atoms with E-state index in [4.69, 9.17) is 34.8 Å². The number of hydrogen-bond acceptors (Lipinski definition) is 4. The molecule has 0 aromatic carbocycles. The van der Waals surface area contributed by atoms with E-state index in [1.54, 1.807) is 0 Å². The summed E-state index contributed by atoms with van der Waals surface area (Å²) in [7, 11) is 1.23. The number of esters is 1. The number of thiophene rings is 1. The molecule has 1 heterocycles. The molecule has 94 valence electrons. The highest BCUT2D eigenvalue weighted by Crippen LogP contribution is 2.34. The van der Waals surface area contributed by atoms with Crippen molar-refractivity contribution in [2.75, 3.05) is 12.4 Å². The van der Waals surface area contributed by atoms with Gasteiger partial charge >= 0.3 is 5.97 Å². The number of ether oxygens (including phenoxy) is 1. The van der Waals surface area contributed by atoms with Crippen molar-refractivity contribution < 1.29 is 14.3 Å². The van der Waals surface area contributed by atoms with Crippen molar-refractivity contribution in [3.63, 3.8) is 0 Å². The highest BCUT2D eigenvalue weighted by Gasteiger charge is 2.32. The number of rotatable bonds is 2. The molecule has 0 radical (unpaired) electrons. The molecule has 1 rings (SSSR count). The number of nitrogens with one attached hydrogen (secondary N) is 1. The summed E-state index contributed by atoms with van der Waals surface area (Å²) in [6.07, 6.45) is 0. The largest absolute Gasteiger partial charge is 0.465 e. The van der Waals surface area contributed by atoms with Gasteiger partial charge in [0.2, 0.25) is 0 Å². The summed E-state index contributed by atoms with van der Waals surface area (Å²) in [6, 6.07) is 1.52. The maximum absolute atomic E-state index is 11.4. The van der Waals surface area contributed by atoms with Crippen LogP contribution in [-0.2, 0) is 9.53 Å². The molecule has 4 nitrogen and oxygen atoms in total. The molecule has 0 saturated carbocycles. The van der Waals surface area contributed by atoms with Crippen LogP contribution in [0.4, 0.5) is 5.69 Å². The number of anilines is 1. The van der Waals surface area contributed by atoms with E-state index in [1.807, 2.05) is 0 Å². The number of halogens is 4. The molecule has 17 heavy (non-hydrogen) atoms. The Bertz CT molecular complexity index is 457. The van der Waals surface area contributed by atoms with Crippen molar-refractivity contribution in [3.8, 4) is 0 Å². The van der Waals surface area contributed by atoms with E-state index in [-0.39, 0.29) is 10.6 Å². The Hall–Kier alpha value is -0.0100. The van der Waals surface area contributed by atoms with Gasteiger partial charge in [0.25, 0.3) is 9.70 Å². The zero-order valence-electron chi connectivity index (χ0n) is 8.22. The Morgan fingerprint density at radius 2 is 2.06 bits per heavy atom. The molecule has 9 heteroatoms. The third kappa shape index (κ3) is 3.99. The summed E-state index contributed by atoms with van der Waals surface area (Å²) in [5.74, 6) is -1.43. The number of alkyl halides is 3. The number of methoxy groups -OCH3 is 1. The minimum Gasteiger partial charge on any atom is -0.465 e. The van der Waals surface area contributed by atoms with Gasteiger partial charge < -0.3 is 10.1 Å². The van der Waals surface area contributed by atoms with Crippen molar-refractivity contribution in [3.05, 3.63) is 14.7 Å². The second-order valence-corrected chi connectivity index (χ2v) is 7.45. The lowest BCUT2D eigenvalue weighted by molar-refractivity contribution is -0.115. The van der Waals surface area contributed by atoms with Crippen molar-refractivity contribution in [1.29, 1.82) is 0 Å². The van der Waals surface area contributed by atoms with Crippen molar-refractivity contribution >= 4 is 79.6 Å². The fourth-order valence-electron chi connectivity index (χ4n) is 0.891. The number of hydrogen-bond donors (Lipinski definition) is 1. The van der Waals surface area contributed by atoms with Crippen LogP contribution in [0.1, 0.15) is 9.67 Å². The first-order valence-electron chi connectivity index (χ1n) is 4.01. The van der Waals surface area contributed by atoms with Crippen molar-refractivity contribution in [2.45, 2.75) is 3.79 Å². The average Bonchev–Trinajstić information content (AvgIpc) is 2.57. The Labute approximate surface area is 124 Å². The first-order chi connectivity index (χ1) is 7.75. The quantitative estimate of drug-likeness (QED) is 0.629. The molecule has 1 N–H and O–H groups in total. The molecule has 1 aromatic heterocycles. The molecule has 0 aliphatic heterocycles. The maximum atomic E-state index is 11.4. The van der Waals surface area contributed by atoms with E-state index in [2.05, 4.69) is 26.0 Å². The van der Waals surface area contributed by atoms with Gasteiger partial charge in [-0.15, -0.1) is 11.3 Å². The Kier molecular flexibility index (Phi) is 5.09. The summed E-state index contributed by atoms with van der Waals surface area (Å²) in [4.78, 5) is 23.0. The zero-order chi connectivity index (χ0) is 13.2. The van der Waals surface area contributed by atoms with Gasteiger partial charge in [-0.1, -0.05) is 34.8 Å². The van der Waals surface area contributed by atoms with Crippen LogP contribution in [-0.4, -0.2) is 22.8 Å². The van der Waals surface area contributed by atoms with Crippen molar-refractivity contribution in [2.24, 2.45) is 0 Å². The SMILES string of the molecule is COC(=O)c1sc(Br)cc1NC(=O)C(Cl)(Cl)Cl. The molecule has 1 aromatic rings. The molecule has 0 bridgehead atoms. The van der Waals surface area contributed by atoms with E-state index in [1.165, 1.54) is 13.2 Å². The summed E-state index contributed by atoms with van der Waals surface area (Å²) in [5, 5.41) is 2.33. The van der Waals surface area contributed by atoms with E-state index < -0.39 is 15.7 Å². The Balaban J connectivity index is 2.99. The summed E-state index contributed by atoms with van der Waals surface area (Å²) in [6.45, 7) is 0. The molecule has 1 amide bonds. The number of carbonyl (C=O) groups excluding carboxylic acids is 2. The molecule has 0 atom stereocenters. The molecular weight excluding hydrogens is 376 g/mol. The molecule has 0 fully saturated rings. The van der Waals surface area contributed by atoms with Crippen LogP contribution >= 0.6 is 62.1 Å². The minimum absolute atomic E-state index is 0.210. The van der Waals surface area contributed by atoms with Crippen LogP contribution in [0.15, 0.2) is 9.85 Å². The van der Waals surface area contributed by atoms with E-state index >= 15 is 0 Å². The molecular formula is C8H5BrCl3NO3S. The van der Waals surface area contributed by atoms with Crippen LogP contribution in [0.3, 0.4) is 0 Å². The predicted molar refractivity (Wildman–Crippen MR) is 72.3 cm³/mol. The number of amides is 1. The monoisotopic (exact) mass is 379 g/mol. The third-order valence-electron chi connectivity index (χ3n) is 1.58. The van der Waals surface area contributed by atoms with Crippen LogP contribution in [0.5, 0.6) is 0 Å². The van der Waals surface area contributed by atoms with Gasteiger partial charge in [-0.3, -0.25) is 4.79 Å². The average molecular weight is 381 g/mol. The first-order valence-corrected chi connectivity index (χ1v) is 6.76. The lowest BCUT2D eigenvalue weighted by Crippen LogP contribution is -2.27. The topological polar surface area (TPSA) is 55.4 Å². The van der Waals surface area contributed by atoms with Gasteiger partial charge in [-0.05, 0) is 22.0 Å². The third-order valence-corrected chi connectivity index (χ3v) is 3.71. The Morgan fingerprint density at radius 3 is 2.53 bits per heavy atom. The van der Waals surface area contributed by atoms with E-state index in [0.29, 0.717) is 3.79 Å². The predicted octanol–water partition coefficient (Wildman–Crippen LogP) is 3.61. The zero-order valence-corrected chi connectivity index (χ0v) is 12.9. The smallest absolute Gasteiger partial charge is 0.350 e. The normalized spacial score (nSPS) is 11.1. The summed E-state index contributed by atoms with van der Waals surface area (Å²) < 4.78 is 3.10. The second kappa shape index (κ2) is 5.75. The van der Waals surface area contributed by atoms with Gasteiger partial charge in [-0.25, -0.2) is 4.79 Å². The van der Waals surface area contributed by atoms with Crippen molar-refractivity contribution in [1.82, 2.24) is 0 Å². The highest BCUT2D eigenvalue weighted by atomic mass is 79.9. The maximum Gasteiger partial charge on any atom is 0.350 e. The fourth-order valence-corrected chi connectivity index (χ4v) is 2.51. The van der Waals surface area contributed by atoms with Crippen LogP contribution < -0.4 is 5.32 Å². The molecule has 0 saturated heterocycles. The first kappa shape index (κ1) is 15.0. The molecule has 0 spiro atoms. The van der Waals surface area contributed by atoms with Crippen LogP contribution in [0.2, 0.25) is 0 Å². The van der Waals surface area contributed by atoms with Gasteiger partial charge in [0.05, 0.1) is 16.6 Å². The lowest BCUT2D eigenvalue weighted by Gasteiger charge is -2.11. The fraction of sp³-hybridized carbons (Fsp3) is 0.250. The molecule has 0 aliphatic rings. The molecule has 0 unspecified atom stereocenters. The highest BCUT2D eigenvalue weighted by molar-refractivity contribution is 9.11. The Morgan fingerprint density at radius 1 is 1.47 bits per heavy atom. The summed E-state index contributed by atoms with van der Waals surface area (Å²) in [5.41, 5.74) is 0.227. The van der Waals surface area contributed by atoms with E-state index in [0.717, 1.165) is 11.3 Å². The van der Waals surface area contributed by atoms with Gasteiger partial charge in [0, 0.05) is 0 Å². The van der Waals surface area contributed by atoms with E-state index in [9.17, 15) is 9.59 Å². The standard InChI is InChI=1S/C8H5BrCl3NO3S/c1-16-6(14)5-3(2-4(9)17-5)13-7(15)8(10,11)12/h2H,1H3,(H,13,15). The van der Waals surface area contributed by atoms with Crippen LogP contribution in [0, 0.1) is 0 Å². The van der Waals surface area contributed by atoms with Crippen LogP contribution in [0.25, 0.3) is 0 Å². The van der Waals surface area contributed by atoms with Gasteiger partial charge in [0.1, 0.15) is 4.88 Å². The van der Waals surface area contributed by atoms with Gasteiger partial charge in [0.15, 0.2) is 0 Å².